The SMILES string of the molecule is C#CCOC1(C2=NCCN2)COc2ccccc2O1. The number of rotatable bonds is 3. The molecular formula is C14H14N2O3. The van der Waals surface area contributed by atoms with Crippen molar-refractivity contribution in [3.05, 3.63) is 24.3 Å². The summed E-state index contributed by atoms with van der Waals surface area (Å²) >= 11 is 0. The lowest BCUT2D eigenvalue weighted by atomic mass is 10.2. The van der Waals surface area contributed by atoms with E-state index >= 15 is 0 Å². The second-order valence-corrected chi connectivity index (χ2v) is 4.24. The first kappa shape index (κ1) is 11.9. The number of benzene rings is 1. The van der Waals surface area contributed by atoms with Gasteiger partial charge in [0, 0.05) is 6.54 Å². The first-order valence-electron chi connectivity index (χ1n) is 6.11. The molecule has 3 rings (SSSR count). The Bertz CT molecular complexity index is 550. The number of nitrogens with one attached hydrogen (secondary N) is 1. The van der Waals surface area contributed by atoms with Crippen LogP contribution in [-0.4, -0.2) is 37.9 Å². The van der Waals surface area contributed by atoms with Crippen LogP contribution in [0.25, 0.3) is 0 Å². The molecule has 1 aromatic rings. The van der Waals surface area contributed by atoms with Crippen LogP contribution < -0.4 is 14.8 Å². The molecule has 2 heterocycles. The van der Waals surface area contributed by atoms with Crippen LogP contribution >= 0.6 is 0 Å². The molecular weight excluding hydrogens is 244 g/mol. The lowest BCUT2D eigenvalue weighted by molar-refractivity contribution is -0.155. The van der Waals surface area contributed by atoms with Gasteiger partial charge in [0.1, 0.15) is 6.61 Å². The predicted octanol–water partition coefficient (Wildman–Crippen LogP) is 0.806. The Kier molecular flexibility index (Phi) is 3.02. The van der Waals surface area contributed by atoms with Crippen molar-refractivity contribution in [1.29, 1.82) is 0 Å². The summed E-state index contributed by atoms with van der Waals surface area (Å²) < 4.78 is 17.4. The molecule has 0 spiro atoms. The van der Waals surface area contributed by atoms with E-state index in [1.165, 1.54) is 0 Å². The minimum absolute atomic E-state index is 0.131. The van der Waals surface area contributed by atoms with Crippen molar-refractivity contribution in [2.75, 3.05) is 26.3 Å². The molecule has 1 atom stereocenters. The van der Waals surface area contributed by atoms with Gasteiger partial charge in [-0.1, -0.05) is 18.1 Å². The highest BCUT2D eigenvalue weighted by Gasteiger charge is 2.45. The van der Waals surface area contributed by atoms with Gasteiger partial charge in [-0.25, -0.2) is 0 Å². The van der Waals surface area contributed by atoms with Gasteiger partial charge in [-0.15, -0.1) is 6.42 Å². The van der Waals surface area contributed by atoms with E-state index in [1.54, 1.807) is 0 Å². The van der Waals surface area contributed by atoms with E-state index in [0.29, 0.717) is 23.9 Å². The number of ether oxygens (including phenoxy) is 3. The normalized spacial score (nSPS) is 24.3. The first-order chi connectivity index (χ1) is 9.34. The van der Waals surface area contributed by atoms with Crippen LogP contribution in [0.2, 0.25) is 0 Å². The molecule has 1 aromatic carbocycles. The lowest BCUT2D eigenvalue weighted by Gasteiger charge is -2.37. The molecule has 5 nitrogen and oxygen atoms in total. The van der Waals surface area contributed by atoms with Gasteiger partial charge in [0.25, 0.3) is 0 Å². The number of para-hydroxylation sites is 2. The average molecular weight is 258 g/mol. The fourth-order valence-corrected chi connectivity index (χ4v) is 2.10. The second kappa shape index (κ2) is 4.82. The minimum Gasteiger partial charge on any atom is -0.482 e. The zero-order valence-corrected chi connectivity index (χ0v) is 10.4. The van der Waals surface area contributed by atoms with Crippen molar-refractivity contribution >= 4 is 5.84 Å². The van der Waals surface area contributed by atoms with Crippen LogP contribution in [0, 0.1) is 12.3 Å². The summed E-state index contributed by atoms with van der Waals surface area (Å²) in [5, 5.41) is 3.16. The Labute approximate surface area is 111 Å². The maximum atomic E-state index is 5.97. The van der Waals surface area contributed by atoms with Gasteiger partial charge in [0.15, 0.2) is 23.9 Å². The largest absolute Gasteiger partial charge is 0.482 e. The van der Waals surface area contributed by atoms with E-state index < -0.39 is 5.79 Å². The number of terminal acetylenes is 1. The quantitative estimate of drug-likeness (QED) is 0.815. The first-order valence-corrected chi connectivity index (χ1v) is 6.11. The molecule has 0 aromatic heterocycles. The van der Waals surface area contributed by atoms with Gasteiger partial charge < -0.3 is 19.5 Å². The van der Waals surface area contributed by atoms with Crippen molar-refractivity contribution < 1.29 is 14.2 Å². The predicted molar refractivity (Wildman–Crippen MR) is 70.4 cm³/mol. The van der Waals surface area contributed by atoms with Crippen molar-refractivity contribution in [2.24, 2.45) is 4.99 Å². The van der Waals surface area contributed by atoms with E-state index in [0.717, 1.165) is 6.54 Å². The Hall–Kier alpha value is -2.19. The van der Waals surface area contributed by atoms with Gasteiger partial charge in [0.2, 0.25) is 0 Å². The second-order valence-electron chi connectivity index (χ2n) is 4.24. The summed E-state index contributed by atoms with van der Waals surface area (Å²) in [6.45, 7) is 1.81. The summed E-state index contributed by atoms with van der Waals surface area (Å²) in [5.41, 5.74) is 0. The van der Waals surface area contributed by atoms with Gasteiger partial charge in [0.05, 0.1) is 6.54 Å². The summed E-state index contributed by atoms with van der Waals surface area (Å²) in [7, 11) is 0. The molecule has 19 heavy (non-hydrogen) atoms. The van der Waals surface area contributed by atoms with Crippen LogP contribution in [0.15, 0.2) is 29.3 Å². The molecule has 98 valence electrons. The molecule has 0 aliphatic carbocycles. The lowest BCUT2D eigenvalue weighted by Crippen LogP contribution is -2.57. The van der Waals surface area contributed by atoms with E-state index in [1.807, 2.05) is 24.3 Å². The summed E-state index contributed by atoms with van der Waals surface area (Å²) in [5.74, 6) is 3.33. The minimum atomic E-state index is -1.07. The fourth-order valence-electron chi connectivity index (χ4n) is 2.10. The molecule has 5 heteroatoms. The number of nitrogens with zero attached hydrogens (tertiary/aromatic N) is 1. The maximum Gasteiger partial charge on any atom is 0.305 e. The van der Waals surface area contributed by atoms with E-state index in [2.05, 4.69) is 16.2 Å². The van der Waals surface area contributed by atoms with Crippen LogP contribution in [-0.2, 0) is 4.74 Å². The number of amidine groups is 1. The zero-order valence-electron chi connectivity index (χ0n) is 10.4. The topological polar surface area (TPSA) is 52.1 Å². The molecule has 1 N–H and O–H groups in total. The zero-order chi connectivity index (χ0) is 13.1. The summed E-state index contributed by atoms with van der Waals surface area (Å²) in [6, 6.07) is 7.45. The standard InChI is InChI=1S/C14H14N2O3/c1-2-9-18-14(13-15-7-8-16-13)10-17-11-5-3-4-6-12(11)19-14/h1,3-6H,7-10H2,(H,15,16). The summed E-state index contributed by atoms with van der Waals surface area (Å²) in [4.78, 5) is 4.36. The van der Waals surface area contributed by atoms with E-state index in [-0.39, 0.29) is 13.2 Å². The molecule has 1 unspecified atom stereocenters. The van der Waals surface area contributed by atoms with Crippen molar-refractivity contribution in [2.45, 2.75) is 5.79 Å². The molecule has 0 saturated carbocycles. The Balaban J connectivity index is 1.92. The van der Waals surface area contributed by atoms with E-state index in [9.17, 15) is 0 Å². The third-order valence-electron chi connectivity index (χ3n) is 2.97. The Morgan fingerprint density at radius 1 is 1.42 bits per heavy atom. The molecule has 0 fully saturated rings. The molecule has 0 bridgehead atoms. The van der Waals surface area contributed by atoms with Crippen molar-refractivity contribution in [3.63, 3.8) is 0 Å². The third kappa shape index (κ3) is 2.11. The van der Waals surface area contributed by atoms with Crippen LogP contribution in [0.4, 0.5) is 0 Å². The van der Waals surface area contributed by atoms with Gasteiger partial charge in [-0.2, -0.15) is 0 Å². The number of fused-ring (bicyclic) bond motifs is 1. The number of hydrogen-bond donors (Lipinski definition) is 1. The molecule has 0 saturated heterocycles. The van der Waals surface area contributed by atoms with Crippen LogP contribution in [0.1, 0.15) is 0 Å². The third-order valence-corrected chi connectivity index (χ3v) is 2.97. The van der Waals surface area contributed by atoms with Crippen LogP contribution in [0.5, 0.6) is 11.5 Å². The highest BCUT2D eigenvalue weighted by Crippen LogP contribution is 2.36. The maximum absolute atomic E-state index is 5.97. The molecule has 2 aliphatic heterocycles. The fraction of sp³-hybridized carbons (Fsp3) is 0.357. The molecule has 0 radical (unpaired) electrons. The van der Waals surface area contributed by atoms with Gasteiger partial charge in [-0.05, 0) is 12.1 Å². The average Bonchev–Trinajstić information content (AvgIpc) is 3.00. The van der Waals surface area contributed by atoms with Crippen molar-refractivity contribution in [3.8, 4) is 23.8 Å². The number of hydrogen-bond acceptors (Lipinski definition) is 5. The summed E-state index contributed by atoms with van der Waals surface area (Å²) in [6.07, 6.45) is 5.27. The Morgan fingerprint density at radius 3 is 3.00 bits per heavy atom. The van der Waals surface area contributed by atoms with Gasteiger partial charge in [-0.3, -0.25) is 4.99 Å². The number of aliphatic imine (C=N–C) groups is 1. The van der Waals surface area contributed by atoms with Crippen molar-refractivity contribution in [1.82, 2.24) is 5.32 Å². The van der Waals surface area contributed by atoms with E-state index in [4.69, 9.17) is 20.6 Å². The molecule has 0 amide bonds. The smallest absolute Gasteiger partial charge is 0.305 e. The molecule has 2 aliphatic rings. The van der Waals surface area contributed by atoms with Gasteiger partial charge >= 0.3 is 5.79 Å². The Morgan fingerprint density at radius 2 is 2.26 bits per heavy atom. The van der Waals surface area contributed by atoms with Crippen LogP contribution in [0.3, 0.4) is 0 Å². The monoisotopic (exact) mass is 258 g/mol. The highest BCUT2D eigenvalue weighted by atomic mass is 16.7. The highest BCUT2D eigenvalue weighted by molar-refractivity contribution is 5.91.